The zero-order valence-corrected chi connectivity index (χ0v) is 41.6. The van der Waals surface area contributed by atoms with Crippen LogP contribution in [0.1, 0.15) is 73.1 Å². The Morgan fingerprint density at radius 1 is 0.849 bits per heavy atom. The summed E-state index contributed by atoms with van der Waals surface area (Å²) in [6, 6.07) is 26.1. The first kappa shape index (κ1) is 52.2. The van der Waals surface area contributed by atoms with Crippen LogP contribution in [0.4, 0.5) is 24.7 Å². The number of β-amino-alcohol motifs (C(OH)–C–C–N with tert-alkyl or cyclic N) is 1. The minimum atomic E-state index is -4.77. The lowest BCUT2D eigenvalue weighted by Gasteiger charge is -2.35. The van der Waals surface area contributed by atoms with E-state index in [1.54, 1.807) is 28.6 Å². The van der Waals surface area contributed by atoms with Gasteiger partial charge >= 0.3 is 6.36 Å². The first-order chi connectivity index (χ1) is 35.2. The number of nitrogens with zero attached hydrogens (tertiary/aromatic N) is 5. The number of halogens is 3. The third-order valence-corrected chi connectivity index (χ3v) is 13.5. The van der Waals surface area contributed by atoms with Crippen LogP contribution in [-0.4, -0.2) is 105 Å². The zero-order chi connectivity index (χ0) is 51.5. The van der Waals surface area contributed by atoms with Crippen molar-refractivity contribution in [3.8, 4) is 38.9 Å². The van der Waals surface area contributed by atoms with Crippen LogP contribution in [0.5, 0.6) is 17.2 Å². The molecule has 0 spiro atoms. The van der Waals surface area contributed by atoms with Gasteiger partial charge in [0.05, 0.1) is 41.1 Å². The molecule has 6 aromatic rings. The fraction of sp³-hybridized carbons (Fsp3) is 0.370. The van der Waals surface area contributed by atoms with Crippen LogP contribution in [0.3, 0.4) is 0 Å². The molecule has 73 heavy (non-hydrogen) atoms. The van der Waals surface area contributed by atoms with Gasteiger partial charge in [-0.05, 0) is 110 Å². The standard InChI is InChI=1S/C54H58F3N7O8S/c1-34(2)49(64-30-38-11-4-5-14-44(38)52(64)67)53(68)63-31-41(65)27-46(63)51(66)58-29-39-25-37(50-35(3)61-33-73-50)15-20-47(39)71-24-9-7-22-69-21-6-8-23-70-43-13-10-12-36(26-43)45-28-48(60-32-59-45)62-40-16-18-42(19-17-40)72-54(55,56)57/h4-5,10-20,25-26,28,32-34,41,46,49,65H,6-9,21-24,27,29-31H2,1-3H3,(H,58,66)(H,59,60,62)/t41-,46+,49+/m1/s1. The number of aliphatic hydroxyl groups is 1. The summed E-state index contributed by atoms with van der Waals surface area (Å²) in [7, 11) is 0. The highest BCUT2D eigenvalue weighted by atomic mass is 32.1. The van der Waals surface area contributed by atoms with Crippen LogP contribution in [0.2, 0.25) is 0 Å². The molecule has 0 unspecified atom stereocenters. The zero-order valence-electron chi connectivity index (χ0n) is 40.8. The number of hydrogen-bond donors (Lipinski definition) is 3. The van der Waals surface area contributed by atoms with Crippen molar-refractivity contribution in [2.75, 3.05) is 38.3 Å². The fourth-order valence-electron chi connectivity index (χ4n) is 8.94. The fourth-order valence-corrected chi connectivity index (χ4v) is 9.74. The van der Waals surface area contributed by atoms with E-state index in [0.29, 0.717) is 67.2 Å². The molecular formula is C54H58F3N7O8S. The first-order valence-corrected chi connectivity index (χ1v) is 25.2. The number of aliphatic hydroxyl groups excluding tert-OH is 1. The van der Waals surface area contributed by atoms with Crippen molar-refractivity contribution in [1.82, 2.24) is 30.1 Å². The third kappa shape index (κ3) is 13.7. The number of carbonyl (C=O) groups is 3. The number of fused-ring (bicyclic) bond motifs is 1. The van der Waals surface area contributed by atoms with E-state index in [4.69, 9.17) is 14.2 Å². The topological polar surface area (TPSA) is 178 Å². The molecule has 3 atom stereocenters. The van der Waals surface area contributed by atoms with E-state index >= 15 is 0 Å². The van der Waals surface area contributed by atoms with Gasteiger partial charge in [-0.1, -0.05) is 44.2 Å². The van der Waals surface area contributed by atoms with Gasteiger partial charge in [-0.2, -0.15) is 0 Å². The molecule has 2 aliphatic heterocycles. The molecule has 384 valence electrons. The van der Waals surface area contributed by atoms with Crippen molar-refractivity contribution in [2.45, 2.75) is 90.5 Å². The maximum atomic E-state index is 14.3. The Balaban J connectivity index is 0.770. The summed E-state index contributed by atoms with van der Waals surface area (Å²) >= 11 is 1.53. The normalized spacial score (nSPS) is 15.9. The Morgan fingerprint density at radius 3 is 2.33 bits per heavy atom. The van der Waals surface area contributed by atoms with Crippen LogP contribution in [0.25, 0.3) is 21.7 Å². The lowest BCUT2D eigenvalue weighted by Crippen LogP contribution is -2.55. The number of aromatic nitrogens is 3. The van der Waals surface area contributed by atoms with Crippen molar-refractivity contribution in [3.63, 3.8) is 0 Å². The van der Waals surface area contributed by atoms with Gasteiger partial charge in [-0.25, -0.2) is 15.0 Å². The Kier molecular flexibility index (Phi) is 17.2. The molecule has 0 saturated carbocycles. The van der Waals surface area contributed by atoms with Gasteiger partial charge < -0.3 is 44.5 Å². The molecule has 3 N–H and O–H groups in total. The SMILES string of the molecule is Cc1ncsc1-c1ccc(OCCCCOCCCCOc2cccc(-c3cc(Nc4ccc(OC(F)(F)F)cc4)ncn3)c2)c(CNC(=O)[C@@H]2C[C@@H](O)CN2C(=O)[C@H](C(C)C)N2Cc3ccccc3C2=O)c1. The lowest BCUT2D eigenvalue weighted by molar-refractivity contribution is -0.274. The summed E-state index contributed by atoms with van der Waals surface area (Å²) < 4.78 is 59.7. The van der Waals surface area contributed by atoms with Crippen molar-refractivity contribution in [1.29, 1.82) is 0 Å². The second-order valence-electron chi connectivity index (χ2n) is 18.2. The summed E-state index contributed by atoms with van der Waals surface area (Å²) in [5.41, 5.74) is 7.77. The van der Waals surface area contributed by atoms with Crippen molar-refractivity contribution >= 4 is 40.6 Å². The Morgan fingerprint density at radius 2 is 1.60 bits per heavy atom. The minimum Gasteiger partial charge on any atom is -0.494 e. The van der Waals surface area contributed by atoms with Crippen LogP contribution in [0.15, 0.2) is 109 Å². The molecular weight excluding hydrogens is 964 g/mol. The van der Waals surface area contributed by atoms with Crippen LogP contribution in [0, 0.1) is 12.8 Å². The molecule has 2 aromatic heterocycles. The van der Waals surface area contributed by atoms with E-state index < -0.39 is 30.5 Å². The summed E-state index contributed by atoms with van der Waals surface area (Å²) in [4.78, 5) is 58.8. The van der Waals surface area contributed by atoms with Gasteiger partial charge in [-0.15, -0.1) is 24.5 Å². The Labute approximate surface area is 425 Å². The second kappa shape index (κ2) is 24.1. The number of likely N-dealkylation sites (tertiary alicyclic amines) is 1. The third-order valence-electron chi connectivity index (χ3n) is 12.5. The smallest absolute Gasteiger partial charge is 0.494 e. The molecule has 3 amide bonds. The highest BCUT2D eigenvalue weighted by molar-refractivity contribution is 7.13. The second-order valence-corrected chi connectivity index (χ2v) is 19.1. The number of unbranched alkanes of at least 4 members (excludes halogenated alkanes) is 2. The molecule has 4 heterocycles. The maximum absolute atomic E-state index is 14.3. The highest BCUT2D eigenvalue weighted by Crippen LogP contribution is 2.34. The molecule has 19 heteroatoms. The minimum absolute atomic E-state index is 0.00667. The molecule has 0 radical (unpaired) electrons. The Hall–Kier alpha value is -7.09. The number of amides is 3. The molecule has 0 aliphatic carbocycles. The summed E-state index contributed by atoms with van der Waals surface area (Å²) in [6.07, 6.45) is -1.08. The number of aryl methyl sites for hydroxylation is 1. The average Bonchev–Trinajstić information content (AvgIpc) is 4.08. The number of thiazole rings is 1. The van der Waals surface area contributed by atoms with Crippen molar-refractivity contribution < 1.29 is 51.6 Å². The average molecular weight is 1020 g/mol. The van der Waals surface area contributed by atoms with Crippen LogP contribution >= 0.6 is 11.3 Å². The number of benzene rings is 4. The highest BCUT2D eigenvalue weighted by Gasteiger charge is 2.46. The molecule has 15 nitrogen and oxygen atoms in total. The maximum Gasteiger partial charge on any atom is 0.573 e. The van der Waals surface area contributed by atoms with Gasteiger partial charge in [0.15, 0.2) is 0 Å². The molecule has 0 bridgehead atoms. The number of hydrogen-bond acceptors (Lipinski definition) is 13. The van der Waals surface area contributed by atoms with E-state index in [1.807, 2.05) is 75.4 Å². The van der Waals surface area contributed by atoms with E-state index in [2.05, 4.69) is 30.3 Å². The van der Waals surface area contributed by atoms with E-state index in [1.165, 1.54) is 46.8 Å². The molecule has 4 aromatic carbocycles. The van der Waals surface area contributed by atoms with Crippen LogP contribution in [-0.2, 0) is 27.4 Å². The molecule has 1 saturated heterocycles. The van der Waals surface area contributed by atoms with E-state index in [0.717, 1.165) is 58.5 Å². The van der Waals surface area contributed by atoms with Crippen molar-refractivity contribution in [3.05, 3.63) is 131 Å². The van der Waals surface area contributed by atoms with Gasteiger partial charge in [0.2, 0.25) is 11.8 Å². The largest absolute Gasteiger partial charge is 0.573 e. The number of carbonyl (C=O) groups excluding carboxylic acids is 3. The molecule has 8 rings (SSSR count). The number of anilines is 2. The number of ether oxygens (including phenoxy) is 4. The van der Waals surface area contributed by atoms with Crippen LogP contribution < -0.4 is 24.8 Å². The number of nitrogens with one attached hydrogen (secondary N) is 2. The summed E-state index contributed by atoms with van der Waals surface area (Å²) in [5.74, 6) is 0.229. The first-order valence-electron chi connectivity index (χ1n) is 24.3. The number of rotatable bonds is 23. The van der Waals surface area contributed by atoms with Gasteiger partial charge in [0.1, 0.15) is 41.5 Å². The van der Waals surface area contributed by atoms with Gasteiger partial charge in [0, 0.05) is 67.7 Å². The Bertz CT molecular complexity index is 2850. The van der Waals surface area contributed by atoms with E-state index in [9.17, 15) is 32.7 Å². The predicted octanol–water partition coefficient (Wildman–Crippen LogP) is 9.51. The summed E-state index contributed by atoms with van der Waals surface area (Å²) in [6.45, 7) is 8.18. The van der Waals surface area contributed by atoms with Gasteiger partial charge in [-0.3, -0.25) is 14.4 Å². The predicted molar refractivity (Wildman–Crippen MR) is 269 cm³/mol. The molecule has 2 aliphatic rings. The lowest BCUT2D eigenvalue weighted by atomic mass is 10.0. The van der Waals surface area contributed by atoms with Crippen molar-refractivity contribution in [2.24, 2.45) is 5.92 Å². The molecule has 1 fully saturated rings. The monoisotopic (exact) mass is 1020 g/mol. The van der Waals surface area contributed by atoms with Gasteiger partial charge in [0.25, 0.3) is 5.91 Å². The summed E-state index contributed by atoms with van der Waals surface area (Å²) in [5, 5.41) is 16.9. The van der Waals surface area contributed by atoms with E-state index in [-0.39, 0.29) is 43.0 Å². The quantitative estimate of drug-likeness (QED) is 0.0519. The number of alkyl halides is 3.